The molecule has 0 bridgehead atoms. The van der Waals surface area contributed by atoms with E-state index in [0.717, 1.165) is 11.8 Å². The number of hydrogen-bond donors (Lipinski definition) is 0. The van der Waals surface area contributed by atoms with Crippen LogP contribution in [0.25, 0.3) is 0 Å². The Bertz CT molecular complexity index is 115. The maximum absolute atomic E-state index is 3.79. The molecular formula is C13H26. The fourth-order valence-electron chi connectivity index (χ4n) is 1.67. The van der Waals surface area contributed by atoms with Gasteiger partial charge >= 0.3 is 0 Å². The van der Waals surface area contributed by atoms with Crippen LogP contribution in [0.15, 0.2) is 12.7 Å². The zero-order valence-corrected chi connectivity index (χ0v) is 9.68. The van der Waals surface area contributed by atoms with Gasteiger partial charge in [0.15, 0.2) is 0 Å². The Kier molecular flexibility index (Phi) is 8.18. The minimum Gasteiger partial charge on any atom is -0.103 e. The van der Waals surface area contributed by atoms with Crippen molar-refractivity contribution in [3.05, 3.63) is 12.7 Å². The van der Waals surface area contributed by atoms with Gasteiger partial charge in [-0.05, 0) is 18.3 Å². The third-order valence-corrected chi connectivity index (χ3v) is 3.02. The van der Waals surface area contributed by atoms with E-state index in [9.17, 15) is 0 Å². The van der Waals surface area contributed by atoms with E-state index in [1.807, 2.05) is 6.08 Å². The van der Waals surface area contributed by atoms with Crippen molar-refractivity contribution in [2.45, 2.75) is 59.3 Å². The predicted octanol–water partition coefficient (Wildman–Crippen LogP) is 4.81. The molecule has 0 saturated carbocycles. The number of hydrogen-bond acceptors (Lipinski definition) is 0. The molecule has 13 heavy (non-hydrogen) atoms. The van der Waals surface area contributed by atoms with Crippen molar-refractivity contribution in [2.24, 2.45) is 11.8 Å². The molecule has 0 radical (unpaired) electrons. The lowest BCUT2D eigenvalue weighted by molar-refractivity contribution is 0.354. The van der Waals surface area contributed by atoms with Crippen molar-refractivity contribution in [1.82, 2.24) is 0 Å². The summed E-state index contributed by atoms with van der Waals surface area (Å²) in [5.74, 6) is 1.69. The summed E-state index contributed by atoms with van der Waals surface area (Å²) in [5, 5.41) is 0. The van der Waals surface area contributed by atoms with E-state index in [1.54, 1.807) is 0 Å². The SMILES string of the molecule is C=CCC(C)C(C)CCCCCC. The van der Waals surface area contributed by atoms with Crippen LogP contribution < -0.4 is 0 Å². The van der Waals surface area contributed by atoms with E-state index in [0.29, 0.717) is 0 Å². The molecule has 0 aliphatic rings. The third-order valence-electron chi connectivity index (χ3n) is 3.02. The zero-order chi connectivity index (χ0) is 10.1. The van der Waals surface area contributed by atoms with Gasteiger partial charge in [0.05, 0.1) is 0 Å². The van der Waals surface area contributed by atoms with Gasteiger partial charge in [0.25, 0.3) is 0 Å². The molecule has 0 saturated heterocycles. The van der Waals surface area contributed by atoms with Crippen LogP contribution in [0.2, 0.25) is 0 Å². The van der Waals surface area contributed by atoms with Crippen molar-refractivity contribution in [3.63, 3.8) is 0 Å². The average Bonchev–Trinajstić information content (AvgIpc) is 2.12. The molecule has 0 heterocycles. The van der Waals surface area contributed by atoms with Gasteiger partial charge in [0, 0.05) is 0 Å². The minimum absolute atomic E-state index is 0.819. The molecule has 0 fully saturated rings. The van der Waals surface area contributed by atoms with Crippen molar-refractivity contribution in [1.29, 1.82) is 0 Å². The first-order chi connectivity index (χ1) is 6.22. The molecule has 0 aromatic heterocycles. The van der Waals surface area contributed by atoms with E-state index >= 15 is 0 Å². The largest absolute Gasteiger partial charge is 0.103 e. The highest BCUT2D eigenvalue weighted by Crippen LogP contribution is 2.21. The first-order valence-electron chi connectivity index (χ1n) is 5.83. The topological polar surface area (TPSA) is 0 Å². The van der Waals surface area contributed by atoms with Gasteiger partial charge in [-0.25, -0.2) is 0 Å². The number of allylic oxidation sites excluding steroid dienone is 1. The van der Waals surface area contributed by atoms with Gasteiger partial charge < -0.3 is 0 Å². The summed E-state index contributed by atoms with van der Waals surface area (Å²) >= 11 is 0. The van der Waals surface area contributed by atoms with E-state index in [4.69, 9.17) is 0 Å². The summed E-state index contributed by atoms with van der Waals surface area (Å²) in [6.45, 7) is 10.8. The van der Waals surface area contributed by atoms with Gasteiger partial charge in [-0.2, -0.15) is 0 Å². The second kappa shape index (κ2) is 8.34. The van der Waals surface area contributed by atoms with Crippen LogP contribution in [0.5, 0.6) is 0 Å². The molecule has 0 heteroatoms. The molecule has 0 amide bonds. The predicted molar refractivity (Wildman–Crippen MR) is 61.9 cm³/mol. The van der Waals surface area contributed by atoms with Crippen LogP contribution in [0.3, 0.4) is 0 Å². The smallest absolute Gasteiger partial charge is 0.0325 e. The molecule has 2 atom stereocenters. The first-order valence-corrected chi connectivity index (χ1v) is 5.83. The maximum atomic E-state index is 3.79. The summed E-state index contributed by atoms with van der Waals surface area (Å²) in [4.78, 5) is 0. The van der Waals surface area contributed by atoms with Gasteiger partial charge in [-0.3, -0.25) is 0 Å². The van der Waals surface area contributed by atoms with Crippen LogP contribution in [0.1, 0.15) is 59.3 Å². The second-order valence-corrected chi connectivity index (χ2v) is 4.33. The molecule has 0 aliphatic carbocycles. The Morgan fingerprint density at radius 3 is 2.31 bits per heavy atom. The summed E-state index contributed by atoms with van der Waals surface area (Å²) in [6.07, 6.45) is 10.2. The van der Waals surface area contributed by atoms with E-state index in [2.05, 4.69) is 27.4 Å². The Morgan fingerprint density at radius 1 is 1.08 bits per heavy atom. The third kappa shape index (κ3) is 6.86. The highest BCUT2D eigenvalue weighted by Gasteiger charge is 2.09. The normalized spacial score (nSPS) is 15.3. The highest BCUT2D eigenvalue weighted by atomic mass is 14.1. The van der Waals surface area contributed by atoms with Gasteiger partial charge in [-0.15, -0.1) is 6.58 Å². The monoisotopic (exact) mass is 182 g/mol. The summed E-state index contributed by atoms with van der Waals surface area (Å²) in [6, 6.07) is 0. The van der Waals surface area contributed by atoms with Gasteiger partial charge in [0.1, 0.15) is 0 Å². The molecule has 0 aromatic carbocycles. The van der Waals surface area contributed by atoms with Crippen LogP contribution in [-0.4, -0.2) is 0 Å². The molecule has 78 valence electrons. The molecular weight excluding hydrogens is 156 g/mol. The Labute approximate surface area is 84.4 Å². The average molecular weight is 182 g/mol. The first kappa shape index (κ1) is 12.7. The Hall–Kier alpha value is -0.260. The lowest BCUT2D eigenvalue weighted by Crippen LogP contribution is -2.06. The Balaban J connectivity index is 3.37. The fraction of sp³-hybridized carbons (Fsp3) is 0.846. The van der Waals surface area contributed by atoms with Crippen molar-refractivity contribution < 1.29 is 0 Å². The van der Waals surface area contributed by atoms with Crippen LogP contribution in [0, 0.1) is 11.8 Å². The number of unbranched alkanes of at least 4 members (excludes halogenated alkanes) is 3. The van der Waals surface area contributed by atoms with Crippen molar-refractivity contribution in [3.8, 4) is 0 Å². The van der Waals surface area contributed by atoms with Crippen molar-refractivity contribution in [2.75, 3.05) is 0 Å². The summed E-state index contributed by atoms with van der Waals surface area (Å²) < 4.78 is 0. The molecule has 0 N–H and O–H groups in total. The molecule has 0 spiro atoms. The van der Waals surface area contributed by atoms with Crippen LogP contribution in [0.4, 0.5) is 0 Å². The zero-order valence-electron chi connectivity index (χ0n) is 9.68. The van der Waals surface area contributed by atoms with Crippen LogP contribution in [-0.2, 0) is 0 Å². The molecule has 0 nitrogen and oxygen atoms in total. The molecule has 0 rings (SSSR count). The second-order valence-electron chi connectivity index (χ2n) is 4.33. The van der Waals surface area contributed by atoms with Gasteiger partial charge in [0.2, 0.25) is 0 Å². The molecule has 2 unspecified atom stereocenters. The van der Waals surface area contributed by atoms with E-state index in [1.165, 1.54) is 38.5 Å². The van der Waals surface area contributed by atoms with E-state index < -0.39 is 0 Å². The van der Waals surface area contributed by atoms with Crippen molar-refractivity contribution >= 4 is 0 Å². The minimum atomic E-state index is 0.819. The summed E-state index contributed by atoms with van der Waals surface area (Å²) in [5.41, 5.74) is 0. The fourth-order valence-corrected chi connectivity index (χ4v) is 1.67. The van der Waals surface area contributed by atoms with Gasteiger partial charge in [-0.1, -0.05) is 59.0 Å². The van der Waals surface area contributed by atoms with E-state index in [-0.39, 0.29) is 0 Å². The Morgan fingerprint density at radius 2 is 1.77 bits per heavy atom. The quantitative estimate of drug-likeness (QED) is 0.373. The number of rotatable bonds is 8. The maximum Gasteiger partial charge on any atom is -0.0325 e. The molecule has 0 aliphatic heterocycles. The highest BCUT2D eigenvalue weighted by molar-refractivity contribution is 4.73. The molecule has 0 aromatic rings. The summed E-state index contributed by atoms with van der Waals surface area (Å²) in [7, 11) is 0. The standard InChI is InChI=1S/C13H26/c1-5-7-8-9-11-13(4)12(3)10-6-2/h6,12-13H,2,5,7-11H2,1,3-4H3. The van der Waals surface area contributed by atoms with Crippen LogP contribution >= 0.6 is 0 Å². The lowest BCUT2D eigenvalue weighted by Gasteiger charge is -2.17. The lowest BCUT2D eigenvalue weighted by atomic mass is 9.88.